The third-order valence-electron chi connectivity index (χ3n) is 2.96. The van der Waals surface area contributed by atoms with Crippen LogP contribution in [0.4, 0.5) is 4.39 Å². The Labute approximate surface area is 122 Å². The number of ether oxygens (including phenoxy) is 1. The summed E-state index contributed by atoms with van der Waals surface area (Å²) >= 11 is 0. The number of pyridine rings is 1. The van der Waals surface area contributed by atoms with Gasteiger partial charge in [-0.25, -0.2) is 4.39 Å². The molecule has 0 saturated carbocycles. The fourth-order valence-corrected chi connectivity index (χ4v) is 1.89. The van der Waals surface area contributed by atoms with Crippen molar-refractivity contribution in [2.75, 3.05) is 0 Å². The summed E-state index contributed by atoms with van der Waals surface area (Å²) < 4.78 is 20.0. The van der Waals surface area contributed by atoms with Crippen molar-refractivity contribution in [3.63, 3.8) is 0 Å². The minimum Gasteiger partial charge on any atom is -0.483 e. The molecule has 1 aromatic heterocycles. The van der Waals surface area contributed by atoms with Gasteiger partial charge in [-0.3, -0.25) is 4.79 Å². The molecule has 0 saturated heterocycles. The lowest BCUT2D eigenvalue weighted by atomic mass is 10.2. The highest BCUT2D eigenvalue weighted by atomic mass is 19.1. The van der Waals surface area contributed by atoms with Crippen LogP contribution in [-0.2, 0) is 13.2 Å². The maximum absolute atomic E-state index is 13.1. The highest BCUT2D eigenvalue weighted by Crippen LogP contribution is 2.09. The largest absolute Gasteiger partial charge is 0.483 e. The fraction of sp³-hybridized carbons (Fsp3) is 0.250. The van der Waals surface area contributed by atoms with Gasteiger partial charge in [-0.15, -0.1) is 0 Å². The molecule has 1 heterocycles. The van der Waals surface area contributed by atoms with Crippen LogP contribution in [0.2, 0.25) is 0 Å². The predicted octanol–water partition coefficient (Wildman–Crippen LogP) is 2.73. The van der Waals surface area contributed by atoms with Gasteiger partial charge in [-0.05, 0) is 36.8 Å². The van der Waals surface area contributed by atoms with E-state index in [0.29, 0.717) is 12.1 Å². The number of aromatic nitrogens is 1. The van der Waals surface area contributed by atoms with E-state index in [9.17, 15) is 9.18 Å². The molecule has 1 atom stereocenters. The Morgan fingerprint density at radius 3 is 2.90 bits per heavy atom. The summed E-state index contributed by atoms with van der Waals surface area (Å²) in [7, 11) is 0. The topological polar surface area (TPSA) is 55.0 Å². The molecule has 108 valence electrons. The summed E-state index contributed by atoms with van der Waals surface area (Å²) in [6, 6.07) is 11.4. The molecule has 0 fully saturated rings. The van der Waals surface area contributed by atoms with Gasteiger partial charge < -0.3 is 9.30 Å². The molecule has 0 aliphatic rings. The molecule has 5 heteroatoms. The first kappa shape index (κ1) is 14.8. The lowest BCUT2D eigenvalue weighted by molar-refractivity contribution is 0.297. The molecule has 1 unspecified atom stereocenters. The van der Waals surface area contributed by atoms with Crippen LogP contribution in [0.5, 0.6) is 5.75 Å². The van der Waals surface area contributed by atoms with Gasteiger partial charge in [0.05, 0.1) is 12.0 Å². The molecule has 1 aromatic carbocycles. The van der Waals surface area contributed by atoms with Crippen LogP contribution < -0.4 is 10.3 Å². The number of rotatable bonds is 5. The first-order valence-corrected chi connectivity index (χ1v) is 6.56. The van der Waals surface area contributed by atoms with E-state index >= 15 is 0 Å². The molecule has 0 N–H and O–H groups in total. The van der Waals surface area contributed by atoms with E-state index in [-0.39, 0.29) is 29.7 Å². The predicted molar refractivity (Wildman–Crippen MR) is 76.2 cm³/mol. The van der Waals surface area contributed by atoms with Gasteiger partial charge >= 0.3 is 0 Å². The quantitative estimate of drug-likeness (QED) is 0.849. The van der Waals surface area contributed by atoms with Crippen molar-refractivity contribution in [2.45, 2.75) is 20.1 Å². The van der Waals surface area contributed by atoms with E-state index in [1.165, 1.54) is 16.7 Å². The number of hydrogen-bond acceptors (Lipinski definition) is 3. The molecule has 0 amide bonds. The van der Waals surface area contributed by atoms with Crippen LogP contribution in [0.25, 0.3) is 0 Å². The minimum absolute atomic E-state index is 0.116. The molecular weight excluding hydrogens is 271 g/mol. The first-order valence-electron chi connectivity index (χ1n) is 6.56. The summed E-state index contributed by atoms with van der Waals surface area (Å²) in [6.07, 6.45) is 1.62. The van der Waals surface area contributed by atoms with Crippen LogP contribution >= 0.6 is 0 Å². The molecule has 2 rings (SSSR count). The fourth-order valence-electron chi connectivity index (χ4n) is 1.89. The molecule has 0 bridgehead atoms. The lowest BCUT2D eigenvalue weighted by Gasteiger charge is -2.10. The first-order chi connectivity index (χ1) is 10.1. The Balaban J connectivity index is 2.12. The van der Waals surface area contributed by atoms with Crippen molar-refractivity contribution in [3.05, 3.63) is 64.3 Å². The van der Waals surface area contributed by atoms with E-state index in [4.69, 9.17) is 10.00 Å². The van der Waals surface area contributed by atoms with Crippen molar-refractivity contribution in [1.29, 1.82) is 5.26 Å². The van der Waals surface area contributed by atoms with Crippen molar-refractivity contribution in [2.24, 2.45) is 5.92 Å². The summed E-state index contributed by atoms with van der Waals surface area (Å²) in [5.74, 6) is -0.419. The Morgan fingerprint density at radius 1 is 1.38 bits per heavy atom. The minimum atomic E-state index is -0.343. The standard InChI is InChI=1S/C16H15FN2O2/c1-12(9-18)10-19-7-3-6-15(16(19)20)21-11-13-4-2-5-14(17)8-13/h2-8,12H,10-11H2,1H3. The van der Waals surface area contributed by atoms with E-state index < -0.39 is 0 Å². The zero-order chi connectivity index (χ0) is 15.2. The number of nitrogens with zero attached hydrogens (tertiary/aromatic N) is 2. The summed E-state index contributed by atoms with van der Waals surface area (Å²) in [4.78, 5) is 12.2. The second-order valence-electron chi connectivity index (χ2n) is 4.78. The van der Waals surface area contributed by atoms with Gasteiger partial charge in [0, 0.05) is 12.7 Å². The van der Waals surface area contributed by atoms with E-state index in [1.54, 1.807) is 37.4 Å². The van der Waals surface area contributed by atoms with Gasteiger partial charge in [0.1, 0.15) is 12.4 Å². The Hall–Kier alpha value is -2.61. The molecule has 4 nitrogen and oxygen atoms in total. The van der Waals surface area contributed by atoms with Gasteiger partial charge in [0.25, 0.3) is 5.56 Å². The summed E-state index contributed by atoms with van der Waals surface area (Å²) in [5, 5.41) is 8.80. The third-order valence-corrected chi connectivity index (χ3v) is 2.96. The van der Waals surface area contributed by atoms with E-state index in [1.807, 2.05) is 0 Å². The second-order valence-corrected chi connectivity index (χ2v) is 4.78. The van der Waals surface area contributed by atoms with Crippen molar-refractivity contribution < 1.29 is 9.13 Å². The molecule has 0 spiro atoms. The highest BCUT2D eigenvalue weighted by Gasteiger charge is 2.08. The zero-order valence-corrected chi connectivity index (χ0v) is 11.6. The van der Waals surface area contributed by atoms with Crippen LogP contribution in [0, 0.1) is 23.1 Å². The number of hydrogen-bond donors (Lipinski definition) is 0. The average molecular weight is 286 g/mol. The summed E-state index contributed by atoms with van der Waals surface area (Å²) in [6.45, 7) is 2.17. The Bertz CT molecular complexity index is 719. The number of nitriles is 1. The van der Waals surface area contributed by atoms with E-state index in [2.05, 4.69) is 6.07 Å². The molecular formula is C16H15FN2O2. The van der Waals surface area contributed by atoms with Crippen molar-refractivity contribution >= 4 is 0 Å². The lowest BCUT2D eigenvalue weighted by Crippen LogP contribution is -2.23. The van der Waals surface area contributed by atoms with Gasteiger partial charge in [-0.1, -0.05) is 12.1 Å². The molecule has 0 aliphatic heterocycles. The third kappa shape index (κ3) is 3.93. The molecule has 2 aromatic rings. The van der Waals surface area contributed by atoms with Gasteiger partial charge in [0.15, 0.2) is 5.75 Å². The van der Waals surface area contributed by atoms with Crippen molar-refractivity contribution in [3.8, 4) is 11.8 Å². The Morgan fingerprint density at radius 2 is 2.19 bits per heavy atom. The van der Waals surface area contributed by atoms with Gasteiger partial charge in [-0.2, -0.15) is 5.26 Å². The summed E-state index contributed by atoms with van der Waals surface area (Å²) in [5.41, 5.74) is 0.353. The van der Waals surface area contributed by atoms with Crippen LogP contribution in [0.15, 0.2) is 47.4 Å². The molecule has 0 aliphatic carbocycles. The maximum Gasteiger partial charge on any atom is 0.292 e. The second kappa shape index (κ2) is 6.71. The van der Waals surface area contributed by atoms with Gasteiger partial charge in [0.2, 0.25) is 0 Å². The van der Waals surface area contributed by atoms with E-state index in [0.717, 1.165) is 0 Å². The van der Waals surface area contributed by atoms with Crippen LogP contribution in [0.3, 0.4) is 0 Å². The average Bonchev–Trinajstić information content (AvgIpc) is 2.48. The molecule has 21 heavy (non-hydrogen) atoms. The number of halogens is 1. The Kier molecular flexibility index (Phi) is 4.72. The normalized spacial score (nSPS) is 11.7. The molecule has 0 radical (unpaired) electrons. The smallest absolute Gasteiger partial charge is 0.292 e. The van der Waals surface area contributed by atoms with Crippen molar-refractivity contribution in [1.82, 2.24) is 4.57 Å². The number of benzene rings is 1. The monoisotopic (exact) mass is 286 g/mol. The zero-order valence-electron chi connectivity index (χ0n) is 11.6. The van der Waals surface area contributed by atoms with Crippen LogP contribution in [-0.4, -0.2) is 4.57 Å². The highest BCUT2D eigenvalue weighted by molar-refractivity contribution is 5.20. The SMILES string of the molecule is CC(C#N)Cn1cccc(OCc2cccc(F)c2)c1=O. The van der Waals surface area contributed by atoms with Crippen LogP contribution in [0.1, 0.15) is 12.5 Å². The maximum atomic E-state index is 13.1.